The van der Waals surface area contributed by atoms with Crippen LogP contribution in [0.5, 0.6) is 23.0 Å². The fourth-order valence-corrected chi connectivity index (χ4v) is 17.4. The Hall–Kier alpha value is -12.9. The highest BCUT2D eigenvalue weighted by Gasteiger charge is 2.48. The van der Waals surface area contributed by atoms with Gasteiger partial charge in [-0.3, -0.25) is 0 Å². The van der Waals surface area contributed by atoms with Crippen molar-refractivity contribution in [2.75, 3.05) is 9.80 Å². The Labute approximate surface area is 623 Å². The van der Waals surface area contributed by atoms with Gasteiger partial charge >= 0.3 is 0 Å². The predicted octanol–water partition coefficient (Wildman–Crippen LogP) is 26.5. The number of anilines is 6. The second-order valence-electron chi connectivity index (χ2n) is 29.0. The molecule has 4 aliphatic rings. The summed E-state index contributed by atoms with van der Waals surface area (Å²) in [4.78, 5) is 4.34. The van der Waals surface area contributed by atoms with Crippen LogP contribution in [0.3, 0.4) is 0 Å². The van der Waals surface area contributed by atoms with E-state index in [2.05, 4.69) is 308 Å². The van der Waals surface area contributed by atoms with Crippen molar-refractivity contribution in [2.24, 2.45) is 0 Å². The van der Waals surface area contributed by atoms with Gasteiger partial charge < -0.3 is 19.3 Å². The molecule has 2 atom stereocenters. The van der Waals surface area contributed by atoms with E-state index in [1.807, 2.05) is 36.4 Å². The molecule has 0 N–H and O–H groups in total. The molecule has 0 bridgehead atoms. The lowest BCUT2D eigenvalue weighted by Crippen LogP contribution is -2.29. The lowest BCUT2D eigenvalue weighted by molar-refractivity contribution is 0.480. The van der Waals surface area contributed by atoms with Gasteiger partial charge in [-0.15, -0.1) is 0 Å². The van der Waals surface area contributed by atoms with Crippen LogP contribution in [-0.4, -0.2) is 0 Å². The van der Waals surface area contributed by atoms with Crippen LogP contribution in [0.1, 0.15) is 84.8 Å². The molecule has 6 heteroatoms. The Balaban J connectivity index is 0.705. The molecule has 15 aromatic rings. The molecule has 2 unspecified atom stereocenters. The zero-order valence-corrected chi connectivity index (χ0v) is 59.8. The summed E-state index contributed by atoms with van der Waals surface area (Å²) in [6.07, 6.45) is 10.5. The number of ether oxygens (including phenoxy) is 2. The van der Waals surface area contributed by atoms with E-state index in [-0.39, 0.29) is 11.6 Å². The molecule has 15 aromatic carbocycles. The first-order valence-corrected chi connectivity index (χ1v) is 37.0. The average Bonchev–Trinajstić information content (AvgIpc) is 1.54. The van der Waals surface area contributed by atoms with Crippen molar-refractivity contribution in [3.63, 3.8) is 0 Å². The molecule has 0 heterocycles. The number of halogens is 2. The van der Waals surface area contributed by atoms with Gasteiger partial charge in [0.2, 0.25) is 0 Å². The Morgan fingerprint density at radius 3 is 1.21 bits per heavy atom. The molecule has 0 aromatic heterocycles. The van der Waals surface area contributed by atoms with E-state index in [1.54, 1.807) is 26.0 Å². The number of allylic oxidation sites excluding steroid dienone is 5. The summed E-state index contributed by atoms with van der Waals surface area (Å²) < 4.78 is 45.7. The summed E-state index contributed by atoms with van der Waals surface area (Å²) in [6, 6.07) is 111. The van der Waals surface area contributed by atoms with E-state index in [4.69, 9.17) is 9.47 Å². The molecule has 4 nitrogen and oxygen atoms in total. The van der Waals surface area contributed by atoms with Gasteiger partial charge in [0.25, 0.3) is 0 Å². The van der Waals surface area contributed by atoms with Crippen molar-refractivity contribution in [3.8, 4) is 45.3 Å². The third-order valence-corrected chi connectivity index (χ3v) is 23.1. The quantitative estimate of drug-likeness (QED) is 0.0849. The number of benzene rings is 15. The van der Waals surface area contributed by atoms with Crippen molar-refractivity contribution in [1.29, 1.82) is 0 Å². The van der Waals surface area contributed by atoms with Crippen LogP contribution in [0.2, 0.25) is 0 Å². The van der Waals surface area contributed by atoms with Crippen molar-refractivity contribution >= 4 is 61.2 Å². The standard InChI is InChI=1S/C101H74F2N2O2/c1-5-6-18-94-66(4)91-54-46-83(60-96(91)100(94,79-34-26-67-13-7-9-15-73(67)56-79)77-36-50-87(51-37-77)106-89-48-32-71-22-24-75(71)58-89)104(85-40-20-64(2)98(102)62-85)81-42-28-69(29-43-81)70-30-44-82(45-31-70)105(86-41-21-65(3)99(103)63-86)84-47-55-93-92-17-11-12-19-95(92)101(97(93)61-84,80-35-27-68-14-8-10-16-74(68)57-80)78-38-52-88(53-39-78)107-90-49-33-72-23-25-76(72)59-90/h5-21,26-63H,1,22-25H2,2-4H3/b18-6-. The normalized spacial score (nSPS) is 15.8. The van der Waals surface area contributed by atoms with Gasteiger partial charge in [0.05, 0.1) is 10.8 Å². The fourth-order valence-electron chi connectivity index (χ4n) is 17.4. The Bertz CT molecular complexity index is 6170. The Morgan fingerprint density at radius 1 is 0.327 bits per heavy atom. The Morgan fingerprint density at radius 2 is 0.729 bits per heavy atom. The minimum absolute atomic E-state index is 0.287. The molecule has 0 spiro atoms. The van der Waals surface area contributed by atoms with Crippen molar-refractivity contribution in [2.45, 2.75) is 57.3 Å². The number of rotatable bonds is 17. The van der Waals surface area contributed by atoms with Gasteiger partial charge in [-0.05, 0) is 313 Å². The molecule has 4 aliphatic carbocycles. The highest BCUT2D eigenvalue weighted by molar-refractivity contribution is 5.95. The van der Waals surface area contributed by atoms with Gasteiger partial charge in [0.1, 0.15) is 34.6 Å². The number of fused-ring (bicyclic) bond motifs is 8. The summed E-state index contributed by atoms with van der Waals surface area (Å²) in [5.41, 5.74) is 25.3. The van der Waals surface area contributed by atoms with Crippen LogP contribution in [0, 0.1) is 25.5 Å². The van der Waals surface area contributed by atoms with E-state index in [1.165, 1.54) is 27.8 Å². The molecular formula is C101H74F2N2O2. The van der Waals surface area contributed by atoms with Gasteiger partial charge in [-0.1, -0.05) is 207 Å². The summed E-state index contributed by atoms with van der Waals surface area (Å²) >= 11 is 0. The first-order valence-electron chi connectivity index (χ1n) is 37.0. The van der Waals surface area contributed by atoms with Gasteiger partial charge in [0, 0.05) is 34.1 Å². The fraction of sp³-hybridized carbons (Fsp3) is 0.0891. The highest BCUT2D eigenvalue weighted by Crippen LogP contribution is 2.60. The lowest BCUT2D eigenvalue weighted by atomic mass is 9.66. The third kappa shape index (κ3) is 10.9. The van der Waals surface area contributed by atoms with Crippen LogP contribution < -0.4 is 19.3 Å². The van der Waals surface area contributed by atoms with E-state index in [0.29, 0.717) is 22.5 Å². The van der Waals surface area contributed by atoms with E-state index in [0.717, 1.165) is 165 Å². The molecule has 0 saturated carbocycles. The minimum Gasteiger partial charge on any atom is -0.457 e. The summed E-state index contributed by atoms with van der Waals surface area (Å²) in [5, 5.41) is 4.60. The van der Waals surface area contributed by atoms with E-state index >= 15 is 8.78 Å². The first kappa shape index (κ1) is 64.9. The van der Waals surface area contributed by atoms with Crippen LogP contribution in [-0.2, 0) is 36.5 Å². The summed E-state index contributed by atoms with van der Waals surface area (Å²) in [5.74, 6) is 2.62. The van der Waals surface area contributed by atoms with E-state index in [9.17, 15) is 0 Å². The Kier molecular flexibility index (Phi) is 15.8. The number of hydrogen-bond acceptors (Lipinski definition) is 4. The van der Waals surface area contributed by atoms with Crippen molar-refractivity contribution in [1.82, 2.24) is 0 Å². The van der Waals surface area contributed by atoms with E-state index < -0.39 is 10.8 Å². The average molecular weight is 1390 g/mol. The van der Waals surface area contributed by atoms with Crippen LogP contribution >= 0.6 is 0 Å². The lowest BCUT2D eigenvalue weighted by Gasteiger charge is -2.36. The minimum atomic E-state index is -0.822. The largest absolute Gasteiger partial charge is 0.457 e. The molecule has 0 amide bonds. The number of aryl methyl sites for hydroxylation is 6. The van der Waals surface area contributed by atoms with Crippen molar-refractivity contribution in [3.05, 3.63) is 435 Å². The summed E-state index contributed by atoms with van der Waals surface area (Å²) in [6.45, 7) is 9.99. The maximum absolute atomic E-state index is 16.3. The maximum Gasteiger partial charge on any atom is 0.128 e. The SMILES string of the molecule is C=C/C=C\C1=C(C)c2ccc(N(c3ccc(-c4ccc(N(c5ccc(C)c(F)c5)c5ccc6c(c5)C(c5ccc(Oc7ccc8c(c7)CC8)cc5)(c5ccc7ccccc7c5)c5ccccc5-6)cc4)cc3)c3ccc(C)c(F)c3)cc2C1(c1ccc(Oc2ccc3c(c2)CC3)cc1)c1ccc2ccccc2c1. The van der Waals surface area contributed by atoms with Crippen LogP contribution in [0.25, 0.3) is 49.4 Å². The number of hydrogen-bond donors (Lipinski definition) is 0. The molecule has 0 fully saturated rings. The highest BCUT2D eigenvalue weighted by atomic mass is 19.1. The molecule has 0 radical (unpaired) electrons. The second-order valence-corrected chi connectivity index (χ2v) is 29.0. The monoisotopic (exact) mass is 1380 g/mol. The molecule has 19 rings (SSSR count). The second kappa shape index (κ2) is 26.1. The van der Waals surface area contributed by atoms with Gasteiger partial charge in [-0.2, -0.15) is 0 Å². The first-order chi connectivity index (χ1) is 52.5. The topological polar surface area (TPSA) is 24.9 Å². The summed E-state index contributed by atoms with van der Waals surface area (Å²) in [7, 11) is 0. The molecule has 0 saturated heterocycles. The zero-order chi connectivity index (χ0) is 72.1. The van der Waals surface area contributed by atoms with Gasteiger partial charge in [0.15, 0.2) is 0 Å². The zero-order valence-electron chi connectivity index (χ0n) is 59.8. The molecule has 107 heavy (non-hydrogen) atoms. The van der Waals surface area contributed by atoms with Crippen LogP contribution in [0.4, 0.5) is 42.9 Å². The third-order valence-electron chi connectivity index (χ3n) is 23.1. The predicted molar refractivity (Wildman–Crippen MR) is 435 cm³/mol. The van der Waals surface area contributed by atoms with Gasteiger partial charge in [-0.25, -0.2) is 8.78 Å². The van der Waals surface area contributed by atoms with Crippen molar-refractivity contribution < 1.29 is 18.3 Å². The maximum atomic E-state index is 16.3. The van der Waals surface area contributed by atoms with Crippen LogP contribution in [0.15, 0.2) is 346 Å². The molecule has 0 aliphatic heterocycles. The smallest absolute Gasteiger partial charge is 0.128 e. The molecule has 514 valence electrons. The number of nitrogens with zero attached hydrogens (tertiary/aromatic N) is 2. The molecular weight excluding hydrogens is 1310 g/mol.